The van der Waals surface area contributed by atoms with Crippen LogP contribution in [0.15, 0.2) is 16.6 Å². The third-order valence-corrected chi connectivity index (χ3v) is 5.65. The van der Waals surface area contributed by atoms with Gasteiger partial charge in [0, 0.05) is 4.47 Å². The number of hydrogen-bond donors (Lipinski definition) is 0. The van der Waals surface area contributed by atoms with Crippen molar-refractivity contribution >= 4 is 27.7 Å². The van der Waals surface area contributed by atoms with Crippen molar-refractivity contribution in [1.82, 2.24) is 0 Å². The molecule has 1 aliphatic rings. The standard InChI is InChI=1S/C17H25BrS/c1-12-10-16(18)11-13(2)17(12)15-6-4-14(5-7-15)8-9-19-3/h10-11,14-15H,4-9H2,1-3H3. The Kier molecular flexibility index (Phi) is 5.83. The maximum atomic E-state index is 3.61. The molecule has 106 valence electrons. The van der Waals surface area contributed by atoms with Crippen molar-refractivity contribution in [2.24, 2.45) is 5.92 Å². The SMILES string of the molecule is CSCCC1CCC(c2c(C)cc(Br)cc2C)CC1. The van der Waals surface area contributed by atoms with Crippen LogP contribution < -0.4 is 0 Å². The van der Waals surface area contributed by atoms with Crippen molar-refractivity contribution in [3.05, 3.63) is 33.3 Å². The molecule has 1 aromatic carbocycles. The molecule has 0 nitrogen and oxygen atoms in total. The first-order chi connectivity index (χ1) is 9.11. The fourth-order valence-electron chi connectivity index (χ4n) is 3.59. The van der Waals surface area contributed by atoms with Crippen LogP contribution in [0, 0.1) is 19.8 Å². The average Bonchev–Trinajstić information content (AvgIpc) is 2.36. The lowest BCUT2D eigenvalue weighted by Gasteiger charge is -2.30. The topological polar surface area (TPSA) is 0 Å². The Labute approximate surface area is 130 Å². The summed E-state index contributed by atoms with van der Waals surface area (Å²) < 4.78 is 1.22. The second kappa shape index (κ2) is 7.17. The minimum atomic E-state index is 0.804. The van der Waals surface area contributed by atoms with Crippen LogP contribution in [0.25, 0.3) is 0 Å². The van der Waals surface area contributed by atoms with Crippen molar-refractivity contribution in [3.8, 4) is 0 Å². The predicted molar refractivity (Wildman–Crippen MR) is 91.3 cm³/mol. The third-order valence-electron chi connectivity index (χ3n) is 4.54. The van der Waals surface area contributed by atoms with Crippen LogP contribution in [0.4, 0.5) is 0 Å². The van der Waals surface area contributed by atoms with E-state index in [-0.39, 0.29) is 0 Å². The summed E-state index contributed by atoms with van der Waals surface area (Å²) in [5.74, 6) is 3.13. The number of halogens is 1. The van der Waals surface area contributed by atoms with E-state index in [0.717, 1.165) is 11.8 Å². The molecule has 0 saturated heterocycles. The average molecular weight is 341 g/mol. The Bertz CT molecular complexity index is 396. The molecule has 19 heavy (non-hydrogen) atoms. The van der Waals surface area contributed by atoms with Gasteiger partial charge in [-0.05, 0) is 98.6 Å². The first kappa shape index (κ1) is 15.4. The minimum absolute atomic E-state index is 0.804. The maximum Gasteiger partial charge on any atom is 0.0180 e. The summed E-state index contributed by atoms with van der Waals surface area (Å²) in [6.45, 7) is 4.54. The third kappa shape index (κ3) is 4.01. The minimum Gasteiger partial charge on any atom is -0.165 e. The van der Waals surface area contributed by atoms with Crippen LogP contribution >= 0.6 is 27.7 Å². The fraction of sp³-hybridized carbons (Fsp3) is 0.647. The van der Waals surface area contributed by atoms with E-state index < -0.39 is 0 Å². The van der Waals surface area contributed by atoms with Crippen molar-refractivity contribution in [3.63, 3.8) is 0 Å². The molecule has 0 spiro atoms. The van der Waals surface area contributed by atoms with Gasteiger partial charge in [0.05, 0.1) is 0 Å². The Balaban J connectivity index is 2.02. The zero-order valence-corrected chi connectivity index (χ0v) is 14.7. The van der Waals surface area contributed by atoms with Gasteiger partial charge in [0.25, 0.3) is 0 Å². The summed E-state index contributed by atoms with van der Waals surface area (Å²) in [5.41, 5.74) is 4.57. The van der Waals surface area contributed by atoms with E-state index in [0.29, 0.717) is 0 Å². The highest BCUT2D eigenvalue weighted by molar-refractivity contribution is 9.10. The fourth-order valence-corrected chi connectivity index (χ4v) is 4.85. The molecule has 1 fully saturated rings. The van der Waals surface area contributed by atoms with E-state index in [2.05, 4.69) is 48.2 Å². The summed E-state index contributed by atoms with van der Waals surface area (Å²) in [4.78, 5) is 0. The molecule has 1 aliphatic carbocycles. The Morgan fingerprint density at radius 1 is 1.11 bits per heavy atom. The van der Waals surface area contributed by atoms with Crippen LogP contribution in [0.5, 0.6) is 0 Å². The van der Waals surface area contributed by atoms with Crippen molar-refractivity contribution in [2.45, 2.75) is 51.9 Å². The molecule has 1 aromatic rings. The summed E-state index contributed by atoms with van der Waals surface area (Å²) in [7, 11) is 0. The van der Waals surface area contributed by atoms with E-state index >= 15 is 0 Å². The molecule has 0 unspecified atom stereocenters. The molecule has 0 aromatic heterocycles. The summed E-state index contributed by atoms with van der Waals surface area (Å²) in [5, 5.41) is 0. The molecular weight excluding hydrogens is 316 g/mol. The number of rotatable bonds is 4. The predicted octanol–water partition coefficient (Wildman–Crippen LogP) is 6.09. The second-order valence-electron chi connectivity index (χ2n) is 5.95. The van der Waals surface area contributed by atoms with Gasteiger partial charge in [0.1, 0.15) is 0 Å². The van der Waals surface area contributed by atoms with Gasteiger partial charge in [-0.3, -0.25) is 0 Å². The molecule has 0 amide bonds. The molecular formula is C17H25BrS. The highest BCUT2D eigenvalue weighted by Gasteiger charge is 2.24. The van der Waals surface area contributed by atoms with E-state index in [1.165, 1.54) is 53.5 Å². The van der Waals surface area contributed by atoms with Crippen molar-refractivity contribution in [2.75, 3.05) is 12.0 Å². The molecule has 2 rings (SSSR count). The molecule has 0 bridgehead atoms. The van der Waals surface area contributed by atoms with Gasteiger partial charge in [-0.2, -0.15) is 11.8 Å². The lowest BCUT2D eigenvalue weighted by atomic mass is 9.75. The van der Waals surface area contributed by atoms with E-state index in [1.54, 1.807) is 5.56 Å². The quantitative estimate of drug-likeness (QED) is 0.638. The molecule has 0 radical (unpaired) electrons. The lowest BCUT2D eigenvalue weighted by Crippen LogP contribution is -2.15. The van der Waals surface area contributed by atoms with Crippen molar-refractivity contribution < 1.29 is 0 Å². The lowest BCUT2D eigenvalue weighted by molar-refractivity contribution is 0.319. The number of thioether (sulfide) groups is 1. The van der Waals surface area contributed by atoms with Gasteiger partial charge in [-0.15, -0.1) is 0 Å². The largest absolute Gasteiger partial charge is 0.165 e. The van der Waals surface area contributed by atoms with Crippen LogP contribution in [-0.4, -0.2) is 12.0 Å². The molecule has 0 heterocycles. The van der Waals surface area contributed by atoms with Crippen LogP contribution in [0.3, 0.4) is 0 Å². The number of aryl methyl sites for hydroxylation is 2. The van der Waals surface area contributed by atoms with E-state index in [1.807, 2.05) is 11.8 Å². The Morgan fingerprint density at radius 2 is 1.68 bits per heavy atom. The highest BCUT2D eigenvalue weighted by Crippen LogP contribution is 2.40. The zero-order valence-electron chi connectivity index (χ0n) is 12.3. The van der Waals surface area contributed by atoms with Gasteiger partial charge >= 0.3 is 0 Å². The smallest absolute Gasteiger partial charge is 0.0180 e. The van der Waals surface area contributed by atoms with Gasteiger partial charge in [0.15, 0.2) is 0 Å². The van der Waals surface area contributed by atoms with Crippen LogP contribution in [0.1, 0.15) is 54.7 Å². The van der Waals surface area contributed by atoms with E-state index in [9.17, 15) is 0 Å². The van der Waals surface area contributed by atoms with Gasteiger partial charge < -0.3 is 0 Å². The normalized spacial score (nSPS) is 23.6. The first-order valence-corrected chi connectivity index (χ1v) is 9.56. The van der Waals surface area contributed by atoms with E-state index in [4.69, 9.17) is 0 Å². The molecule has 0 aliphatic heterocycles. The maximum absolute atomic E-state index is 3.61. The Morgan fingerprint density at radius 3 is 2.21 bits per heavy atom. The van der Waals surface area contributed by atoms with Gasteiger partial charge in [-0.25, -0.2) is 0 Å². The zero-order chi connectivity index (χ0) is 13.8. The second-order valence-corrected chi connectivity index (χ2v) is 7.85. The summed E-state index contributed by atoms with van der Waals surface area (Å²) in [6.07, 6.45) is 9.29. The molecule has 0 N–H and O–H groups in total. The van der Waals surface area contributed by atoms with Gasteiger partial charge in [0.2, 0.25) is 0 Å². The summed E-state index contributed by atoms with van der Waals surface area (Å²) in [6, 6.07) is 4.56. The number of benzene rings is 1. The van der Waals surface area contributed by atoms with Crippen LogP contribution in [0.2, 0.25) is 0 Å². The summed E-state index contributed by atoms with van der Waals surface area (Å²) >= 11 is 5.60. The van der Waals surface area contributed by atoms with Crippen molar-refractivity contribution in [1.29, 1.82) is 0 Å². The van der Waals surface area contributed by atoms with Gasteiger partial charge in [-0.1, -0.05) is 15.9 Å². The highest BCUT2D eigenvalue weighted by atomic mass is 79.9. The van der Waals surface area contributed by atoms with Crippen LogP contribution in [-0.2, 0) is 0 Å². The number of hydrogen-bond acceptors (Lipinski definition) is 1. The first-order valence-electron chi connectivity index (χ1n) is 7.37. The Hall–Kier alpha value is 0.0500. The molecule has 0 atom stereocenters. The molecule has 2 heteroatoms. The monoisotopic (exact) mass is 340 g/mol. The molecule has 1 saturated carbocycles.